The van der Waals surface area contributed by atoms with E-state index in [1.54, 1.807) is 0 Å². The lowest BCUT2D eigenvalue weighted by Crippen LogP contribution is -2.68. The van der Waals surface area contributed by atoms with Gasteiger partial charge in [-0.25, -0.2) is 0 Å². The van der Waals surface area contributed by atoms with Gasteiger partial charge in [-0.3, -0.25) is 9.59 Å². The van der Waals surface area contributed by atoms with Crippen LogP contribution in [0.2, 0.25) is 0 Å². The summed E-state index contributed by atoms with van der Waals surface area (Å²) in [6, 6.07) is 38.7. The summed E-state index contributed by atoms with van der Waals surface area (Å²) in [5.41, 5.74) is 3.78. The highest BCUT2D eigenvalue weighted by molar-refractivity contribution is 5.73. The average Bonchev–Trinajstić information content (AvgIpc) is 3.32. The van der Waals surface area contributed by atoms with Crippen molar-refractivity contribution >= 4 is 11.9 Å². The molecule has 7 rings (SSSR count). The van der Waals surface area contributed by atoms with Crippen LogP contribution >= 0.6 is 0 Å². The lowest BCUT2D eigenvalue weighted by molar-refractivity contribution is -0.326. The molecule has 1 saturated carbocycles. The number of esters is 1. The van der Waals surface area contributed by atoms with Gasteiger partial charge in [-0.15, -0.1) is 0 Å². The van der Waals surface area contributed by atoms with Crippen LogP contribution in [0.3, 0.4) is 0 Å². The summed E-state index contributed by atoms with van der Waals surface area (Å²) >= 11 is 0. The number of hydrogen-bond acceptors (Lipinski definition) is 11. The van der Waals surface area contributed by atoms with Crippen LogP contribution in [0, 0.1) is 5.92 Å². The van der Waals surface area contributed by atoms with Gasteiger partial charge in [-0.05, 0) is 29.5 Å². The number of fused-ring (bicyclic) bond motifs is 1. The number of unbranched alkanes of at least 4 members (excludes halogenated alkanes) is 5. The first-order valence-corrected chi connectivity index (χ1v) is 23.5. The standard InChI is InChI=1S/C53H67NO11/c1-4-5-6-7-8-21-30-58-53-46(54-37(2)55)50(59-33-40-24-15-10-16-25-40)49(45(64-53)36-57-32-39-22-13-9-14-23-39)63-44-31-43-35-61-52(42-28-19-12-20-29-42)65-47(43)51(48(44)62-38(3)56)60-34-41-26-17-11-18-27-41/h9-20,22-29,43-53H,4-8,21,30-36H2,1-3H3,(H,54,55)/t43-,44+,45-,46-,47-,48-,49-,50-,51+,52-,53-/m1/s1. The van der Waals surface area contributed by atoms with E-state index in [-0.39, 0.29) is 31.6 Å². The average molecular weight is 894 g/mol. The Labute approximate surface area is 384 Å². The Morgan fingerprint density at radius 3 is 1.85 bits per heavy atom. The second-order valence-electron chi connectivity index (χ2n) is 17.3. The van der Waals surface area contributed by atoms with Gasteiger partial charge in [0.1, 0.15) is 30.5 Å². The van der Waals surface area contributed by atoms with Crippen molar-refractivity contribution in [1.82, 2.24) is 5.32 Å². The predicted octanol–water partition coefficient (Wildman–Crippen LogP) is 8.80. The molecule has 1 amide bonds. The fourth-order valence-electron chi connectivity index (χ4n) is 9.03. The Morgan fingerprint density at radius 1 is 0.646 bits per heavy atom. The largest absolute Gasteiger partial charge is 0.457 e. The van der Waals surface area contributed by atoms with Crippen molar-refractivity contribution in [2.45, 2.75) is 147 Å². The molecule has 0 unspecified atom stereocenters. The monoisotopic (exact) mass is 893 g/mol. The third kappa shape index (κ3) is 14.2. The van der Waals surface area contributed by atoms with Crippen LogP contribution in [-0.4, -0.2) is 86.8 Å². The van der Waals surface area contributed by atoms with E-state index >= 15 is 0 Å². The van der Waals surface area contributed by atoms with E-state index in [9.17, 15) is 9.59 Å². The van der Waals surface area contributed by atoms with E-state index < -0.39 is 67.3 Å². The minimum absolute atomic E-state index is 0.115. The Bertz CT molecular complexity index is 1980. The summed E-state index contributed by atoms with van der Waals surface area (Å²) in [5.74, 6) is -0.955. The Hall–Kier alpha value is -4.50. The van der Waals surface area contributed by atoms with E-state index in [2.05, 4.69) is 12.2 Å². The maximum atomic E-state index is 13.2. The normalized spacial score (nSPS) is 27.6. The van der Waals surface area contributed by atoms with Gasteiger partial charge in [0.05, 0.1) is 45.2 Å². The maximum Gasteiger partial charge on any atom is 0.303 e. The van der Waals surface area contributed by atoms with Crippen molar-refractivity contribution in [2.75, 3.05) is 19.8 Å². The SMILES string of the molecule is CCCCCCCCO[C@@H]1O[C@H](COCc2ccccc2)[C@@H](O[C@H]2C[C@@H]3CO[C@@H](c4ccccc4)O[C@H]3[C@H](OCc3ccccc3)[C@@H]2OC(C)=O)[C@H](OCc2ccccc2)[C@H]1NC(C)=O. The quantitative estimate of drug-likeness (QED) is 0.0567. The van der Waals surface area contributed by atoms with Gasteiger partial charge in [-0.1, -0.05) is 160 Å². The molecule has 0 radical (unpaired) electrons. The molecule has 3 aliphatic rings. The Balaban J connectivity index is 1.22. The molecule has 1 N–H and O–H groups in total. The van der Waals surface area contributed by atoms with Crippen molar-refractivity contribution in [3.8, 4) is 0 Å². The van der Waals surface area contributed by atoms with Gasteiger partial charge < -0.3 is 47.9 Å². The molecule has 2 saturated heterocycles. The Kier molecular flexibility index (Phi) is 18.9. The van der Waals surface area contributed by atoms with Crippen LogP contribution in [0.4, 0.5) is 0 Å². The van der Waals surface area contributed by atoms with Crippen molar-refractivity contribution in [1.29, 1.82) is 0 Å². The first kappa shape index (κ1) is 48.4. The number of amides is 1. The van der Waals surface area contributed by atoms with E-state index in [1.165, 1.54) is 33.1 Å². The third-order valence-electron chi connectivity index (χ3n) is 12.2. The van der Waals surface area contributed by atoms with Gasteiger partial charge in [0, 0.05) is 31.9 Å². The van der Waals surface area contributed by atoms with Gasteiger partial charge >= 0.3 is 5.97 Å². The summed E-state index contributed by atoms with van der Waals surface area (Å²) in [6.45, 7) is 6.77. The molecule has 3 fully saturated rings. The minimum atomic E-state index is -0.909. The molecule has 65 heavy (non-hydrogen) atoms. The molecule has 0 aromatic heterocycles. The fourth-order valence-corrected chi connectivity index (χ4v) is 9.03. The zero-order valence-corrected chi connectivity index (χ0v) is 38.1. The highest BCUT2D eigenvalue weighted by Crippen LogP contribution is 2.42. The molecule has 2 aliphatic heterocycles. The lowest BCUT2D eigenvalue weighted by Gasteiger charge is -2.51. The summed E-state index contributed by atoms with van der Waals surface area (Å²) < 4.78 is 60.3. The molecule has 350 valence electrons. The zero-order chi connectivity index (χ0) is 45.2. The van der Waals surface area contributed by atoms with Gasteiger partial charge in [0.2, 0.25) is 5.91 Å². The molecular formula is C53H67NO11. The van der Waals surface area contributed by atoms with Crippen molar-refractivity contribution in [2.24, 2.45) is 5.92 Å². The highest BCUT2D eigenvalue weighted by atomic mass is 16.7. The number of rotatable bonds is 23. The van der Waals surface area contributed by atoms with Crippen LogP contribution in [-0.2, 0) is 72.0 Å². The topological polar surface area (TPSA) is 129 Å². The van der Waals surface area contributed by atoms with Crippen LogP contribution in [0.25, 0.3) is 0 Å². The number of benzene rings is 4. The van der Waals surface area contributed by atoms with Crippen molar-refractivity contribution in [3.05, 3.63) is 144 Å². The van der Waals surface area contributed by atoms with Crippen LogP contribution in [0.1, 0.15) is 94.3 Å². The summed E-state index contributed by atoms with van der Waals surface area (Å²) in [6.07, 6.45) is 0.138. The first-order chi connectivity index (χ1) is 31.9. The lowest BCUT2D eigenvalue weighted by atomic mass is 9.79. The van der Waals surface area contributed by atoms with Crippen molar-refractivity contribution in [3.63, 3.8) is 0 Å². The maximum absolute atomic E-state index is 13.2. The first-order valence-electron chi connectivity index (χ1n) is 23.5. The second-order valence-corrected chi connectivity index (χ2v) is 17.3. The summed E-state index contributed by atoms with van der Waals surface area (Å²) in [4.78, 5) is 26.3. The van der Waals surface area contributed by atoms with E-state index in [0.29, 0.717) is 26.2 Å². The molecular weight excluding hydrogens is 827 g/mol. The molecule has 2 heterocycles. The summed E-state index contributed by atoms with van der Waals surface area (Å²) in [7, 11) is 0. The van der Waals surface area contributed by atoms with E-state index in [1.807, 2.05) is 121 Å². The van der Waals surface area contributed by atoms with Crippen LogP contribution < -0.4 is 5.32 Å². The van der Waals surface area contributed by atoms with Crippen LogP contribution in [0.5, 0.6) is 0 Å². The van der Waals surface area contributed by atoms with Gasteiger partial charge in [-0.2, -0.15) is 0 Å². The molecule has 12 heteroatoms. The number of nitrogens with one attached hydrogen (secondary N) is 1. The van der Waals surface area contributed by atoms with Gasteiger partial charge in [0.25, 0.3) is 0 Å². The highest BCUT2D eigenvalue weighted by Gasteiger charge is 2.55. The Morgan fingerprint density at radius 2 is 1.23 bits per heavy atom. The molecule has 12 nitrogen and oxygen atoms in total. The fraction of sp³-hybridized carbons (Fsp3) is 0.509. The third-order valence-corrected chi connectivity index (χ3v) is 12.2. The number of hydrogen-bond donors (Lipinski definition) is 1. The van der Waals surface area contributed by atoms with E-state index in [0.717, 1.165) is 41.5 Å². The van der Waals surface area contributed by atoms with Crippen molar-refractivity contribution < 1.29 is 52.2 Å². The predicted molar refractivity (Wildman–Crippen MR) is 244 cm³/mol. The number of ether oxygens (including phenoxy) is 9. The second kappa shape index (κ2) is 25.4. The molecule has 4 aromatic rings. The summed E-state index contributed by atoms with van der Waals surface area (Å²) in [5, 5.41) is 3.13. The molecule has 0 bridgehead atoms. The molecule has 11 atom stereocenters. The van der Waals surface area contributed by atoms with Gasteiger partial charge in [0.15, 0.2) is 18.7 Å². The molecule has 1 aliphatic carbocycles. The van der Waals surface area contributed by atoms with E-state index in [4.69, 9.17) is 42.6 Å². The zero-order valence-electron chi connectivity index (χ0n) is 38.1. The molecule has 4 aromatic carbocycles. The molecule has 0 spiro atoms. The minimum Gasteiger partial charge on any atom is -0.457 e. The van der Waals surface area contributed by atoms with Crippen LogP contribution in [0.15, 0.2) is 121 Å². The number of carbonyl (C=O) groups is 2. The smallest absolute Gasteiger partial charge is 0.303 e. The number of carbonyl (C=O) groups excluding carboxylic acids is 2.